The maximum absolute atomic E-state index is 12.9. The quantitative estimate of drug-likeness (QED) is 0.929. The lowest BCUT2D eigenvalue weighted by molar-refractivity contribution is 0.0774. The Bertz CT molecular complexity index is 685. The summed E-state index contributed by atoms with van der Waals surface area (Å²) in [6.07, 6.45) is 7.46. The fourth-order valence-corrected chi connectivity index (χ4v) is 4.41. The minimum Gasteiger partial charge on any atom is -0.496 e. The largest absolute Gasteiger partial charge is 0.496 e. The van der Waals surface area contributed by atoms with Gasteiger partial charge in [0.05, 0.1) is 24.4 Å². The second-order valence-electron chi connectivity index (χ2n) is 7.09. The molecule has 1 aliphatic carbocycles. The zero-order chi connectivity index (χ0) is 16.7. The van der Waals surface area contributed by atoms with Gasteiger partial charge < -0.3 is 15.0 Å². The number of aliphatic imine (C=N–C) groups is 1. The first-order valence-electron chi connectivity index (χ1n) is 8.95. The molecule has 1 saturated heterocycles. The van der Waals surface area contributed by atoms with Crippen LogP contribution in [0.1, 0.15) is 53.9 Å². The average Bonchev–Trinajstić information content (AvgIpc) is 3.25. The normalized spacial score (nSPS) is 28.7. The van der Waals surface area contributed by atoms with Crippen molar-refractivity contribution in [2.45, 2.75) is 50.1 Å². The van der Waals surface area contributed by atoms with Gasteiger partial charge in [-0.15, -0.1) is 0 Å². The molecule has 3 atom stereocenters. The van der Waals surface area contributed by atoms with Crippen molar-refractivity contribution in [3.8, 4) is 5.75 Å². The lowest BCUT2D eigenvalue weighted by Gasteiger charge is -2.21. The van der Waals surface area contributed by atoms with Gasteiger partial charge in [0.1, 0.15) is 5.75 Å². The third-order valence-electron chi connectivity index (χ3n) is 5.80. The molecular weight excluding hydrogens is 302 g/mol. The number of nitrogens with one attached hydrogen (secondary N) is 1. The Balaban J connectivity index is 1.73. The van der Waals surface area contributed by atoms with E-state index in [2.05, 4.69) is 16.4 Å². The average molecular weight is 327 g/mol. The lowest BCUT2D eigenvalue weighted by Crippen LogP contribution is -2.35. The van der Waals surface area contributed by atoms with Crippen LogP contribution in [0.4, 0.5) is 5.69 Å². The molecule has 4 rings (SSSR count). The van der Waals surface area contributed by atoms with Crippen molar-refractivity contribution in [3.05, 3.63) is 23.3 Å². The van der Waals surface area contributed by atoms with Crippen molar-refractivity contribution >= 4 is 17.8 Å². The van der Waals surface area contributed by atoms with E-state index in [4.69, 9.17) is 4.74 Å². The molecule has 5 heteroatoms. The molecule has 2 heterocycles. The second kappa shape index (κ2) is 6.20. The predicted octanol–water partition coefficient (Wildman–Crippen LogP) is 2.87. The molecule has 0 bridgehead atoms. The van der Waals surface area contributed by atoms with Crippen molar-refractivity contribution in [2.75, 3.05) is 20.7 Å². The van der Waals surface area contributed by atoms with Crippen molar-refractivity contribution in [2.24, 2.45) is 4.99 Å². The van der Waals surface area contributed by atoms with Gasteiger partial charge in [-0.25, -0.2) is 0 Å². The number of benzene rings is 1. The van der Waals surface area contributed by atoms with Gasteiger partial charge >= 0.3 is 0 Å². The summed E-state index contributed by atoms with van der Waals surface area (Å²) in [5, 5.41) is 3.38. The number of carbonyl (C=O) groups excluding carboxylic acids is 1. The van der Waals surface area contributed by atoms with Crippen molar-refractivity contribution in [3.63, 3.8) is 0 Å². The summed E-state index contributed by atoms with van der Waals surface area (Å²) in [6.45, 7) is 0.825. The van der Waals surface area contributed by atoms with E-state index in [1.807, 2.05) is 24.2 Å². The molecular formula is C19H25N3O2. The van der Waals surface area contributed by atoms with Gasteiger partial charge in [0.15, 0.2) is 0 Å². The maximum atomic E-state index is 12.9. The highest BCUT2D eigenvalue weighted by Crippen LogP contribution is 2.42. The molecule has 2 fully saturated rings. The van der Waals surface area contributed by atoms with Crippen LogP contribution in [-0.4, -0.2) is 49.8 Å². The van der Waals surface area contributed by atoms with Crippen LogP contribution in [0.15, 0.2) is 17.1 Å². The number of fused-ring (bicyclic) bond motifs is 2. The maximum Gasteiger partial charge on any atom is 0.256 e. The van der Waals surface area contributed by atoms with Gasteiger partial charge in [-0.05, 0) is 62.8 Å². The Labute approximate surface area is 143 Å². The van der Waals surface area contributed by atoms with E-state index in [1.165, 1.54) is 12.0 Å². The van der Waals surface area contributed by atoms with Crippen LogP contribution in [0.3, 0.4) is 0 Å². The standard InChI is InChI=1S/C19H25N3O2/c1-20-13-6-5-12(8-13)15-9-17-16(10-18(15)24-2)19(23)22-7-3-4-14(22)11-21-17/h9-14,20H,3-8H2,1-2H3/t12?,13?,14-/m0/s1. The molecule has 1 N–H and O–H groups in total. The Morgan fingerprint density at radius 2 is 2.17 bits per heavy atom. The molecule has 24 heavy (non-hydrogen) atoms. The van der Waals surface area contributed by atoms with Gasteiger partial charge in [-0.1, -0.05) is 0 Å². The van der Waals surface area contributed by atoms with Gasteiger partial charge in [0.2, 0.25) is 0 Å². The smallest absolute Gasteiger partial charge is 0.256 e. The van der Waals surface area contributed by atoms with Crippen molar-refractivity contribution < 1.29 is 9.53 Å². The Morgan fingerprint density at radius 3 is 2.92 bits per heavy atom. The summed E-state index contributed by atoms with van der Waals surface area (Å²) in [6, 6.07) is 4.72. The summed E-state index contributed by atoms with van der Waals surface area (Å²) >= 11 is 0. The summed E-state index contributed by atoms with van der Waals surface area (Å²) in [5.74, 6) is 1.39. The van der Waals surface area contributed by atoms with Crippen molar-refractivity contribution in [1.82, 2.24) is 10.2 Å². The third-order valence-corrected chi connectivity index (χ3v) is 5.80. The van der Waals surface area contributed by atoms with Crippen LogP contribution in [-0.2, 0) is 0 Å². The third kappa shape index (κ3) is 2.51. The molecule has 1 aromatic carbocycles. The van der Waals surface area contributed by atoms with Crippen molar-refractivity contribution in [1.29, 1.82) is 0 Å². The molecule has 3 aliphatic rings. The fraction of sp³-hybridized carbons (Fsp3) is 0.579. The van der Waals surface area contributed by atoms with E-state index in [-0.39, 0.29) is 11.9 Å². The highest BCUT2D eigenvalue weighted by molar-refractivity contribution is 6.03. The number of hydrogen-bond donors (Lipinski definition) is 1. The number of amides is 1. The molecule has 0 spiro atoms. The highest BCUT2D eigenvalue weighted by atomic mass is 16.5. The van der Waals surface area contributed by atoms with Gasteiger partial charge in [-0.3, -0.25) is 9.79 Å². The number of ether oxygens (including phenoxy) is 1. The summed E-state index contributed by atoms with van der Waals surface area (Å²) < 4.78 is 5.65. The SMILES string of the molecule is CNC1CCC(c2cc3c(cc2OC)C(=O)N2CCC[C@H]2C=N3)C1. The molecule has 0 radical (unpaired) electrons. The Hall–Kier alpha value is -1.88. The van der Waals surface area contributed by atoms with Crippen LogP contribution in [0.2, 0.25) is 0 Å². The first-order valence-corrected chi connectivity index (χ1v) is 8.95. The molecule has 128 valence electrons. The van der Waals surface area contributed by atoms with E-state index >= 15 is 0 Å². The van der Waals surface area contributed by atoms with E-state index in [1.54, 1.807) is 7.11 Å². The minimum atomic E-state index is 0.0920. The van der Waals surface area contributed by atoms with E-state index in [0.717, 1.165) is 43.7 Å². The van der Waals surface area contributed by atoms with Crippen LogP contribution >= 0.6 is 0 Å². The van der Waals surface area contributed by atoms with Gasteiger partial charge in [0.25, 0.3) is 5.91 Å². The fourth-order valence-electron chi connectivity index (χ4n) is 4.41. The van der Waals surface area contributed by atoms with Crippen LogP contribution < -0.4 is 10.1 Å². The van der Waals surface area contributed by atoms with Gasteiger partial charge in [0, 0.05) is 18.8 Å². The number of rotatable bonds is 3. The number of nitrogens with zero attached hydrogens (tertiary/aromatic N) is 2. The van der Waals surface area contributed by atoms with E-state index in [9.17, 15) is 4.79 Å². The number of carbonyl (C=O) groups is 1. The Kier molecular flexibility index (Phi) is 4.04. The molecule has 2 aliphatic heterocycles. The monoisotopic (exact) mass is 327 g/mol. The van der Waals surface area contributed by atoms with E-state index < -0.39 is 0 Å². The van der Waals surface area contributed by atoms with Crippen LogP contribution in [0.5, 0.6) is 5.75 Å². The van der Waals surface area contributed by atoms with Crippen LogP contribution in [0.25, 0.3) is 0 Å². The second-order valence-corrected chi connectivity index (χ2v) is 7.09. The predicted molar refractivity (Wildman–Crippen MR) is 94.6 cm³/mol. The Morgan fingerprint density at radius 1 is 1.29 bits per heavy atom. The molecule has 0 aromatic heterocycles. The number of methoxy groups -OCH3 is 1. The lowest BCUT2D eigenvalue weighted by atomic mass is 9.94. The molecule has 1 aromatic rings. The summed E-state index contributed by atoms with van der Waals surface area (Å²) in [5.41, 5.74) is 2.68. The van der Waals surface area contributed by atoms with Gasteiger partial charge in [-0.2, -0.15) is 0 Å². The zero-order valence-corrected chi connectivity index (χ0v) is 14.4. The topological polar surface area (TPSA) is 53.9 Å². The minimum absolute atomic E-state index is 0.0920. The summed E-state index contributed by atoms with van der Waals surface area (Å²) in [7, 11) is 3.72. The first kappa shape index (κ1) is 15.6. The molecule has 1 saturated carbocycles. The van der Waals surface area contributed by atoms with E-state index in [0.29, 0.717) is 17.5 Å². The highest BCUT2D eigenvalue weighted by Gasteiger charge is 2.34. The summed E-state index contributed by atoms with van der Waals surface area (Å²) in [4.78, 5) is 19.5. The first-order chi connectivity index (χ1) is 11.7. The van der Waals surface area contributed by atoms with Crippen LogP contribution in [0, 0.1) is 0 Å². The zero-order valence-electron chi connectivity index (χ0n) is 14.4. The molecule has 5 nitrogen and oxygen atoms in total. The number of hydrogen-bond acceptors (Lipinski definition) is 4. The molecule has 2 unspecified atom stereocenters. The molecule has 1 amide bonds.